The second-order valence-electron chi connectivity index (χ2n) is 5.35. The number of nitrogens with zero attached hydrogens (tertiary/aromatic N) is 2. The van der Waals surface area contributed by atoms with E-state index in [0.717, 1.165) is 36.8 Å². The van der Waals surface area contributed by atoms with Crippen molar-refractivity contribution in [3.63, 3.8) is 0 Å². The van der Waals surface area contributed by atoms with Crippen molar-refractivity contribution in [1.82, 2.24) is 9.29 Å². The molecule has 0 amide bonds. The summed E-state index contributed by atoms with van der Waals surface area (Å²) in [6, 6.07) is 11.6. The number of aromatic hydroxyl groups is 1. The maximum Gasteiger partial charge on any atom is 0.137 e. The van der Waals surface area contributed by atoms with Crippen LogP contribution in [-0.2, 0) is 0 Å². The topological polar surface area (TPSA) is 48.4 Å². The largest absolute Gasteiger partial charge is 0.506 e. The highest BCUT2D eigenvalue weighted by Crippen LogP contribution is 2.31. The van der Waals surface area contributed by atoms with Gasteiger partial charge in [0.15, 0.2) is 0 Å². The minimum Gasteiger partial charge on any atom is -0.506 e. The summed E-state index contributed by atoms with van der Waals surface area (Å²) in [6.07, 6.45) is 3.72. The van der Waals surface area contributed by atoms with Crippen LogP contribution in [0.1, 0.15) is 24.3 Å². The van der Waals surface area contributed by atoms with Gasteiger partial charge in [0.2, 0.25) is 0 Å². The van der Waals surface area contributed by atoms with Gasteiger partial charge in [0, 0.05) is 30.2 Å². The summed E-state index contributed by atoms with van der Waals surface area (Å²) in [6.45, 7) is 2.06. The Labute approximate surface area is 139 Å². The Hall–Kier alpha value is -1.43. The smallest absolute Gasteiger partial charge is 0.137 e. The van der Waals surface area contributed by atoms with Gasteiger partial charge < -0.3 is 9.83 Å². The van der Waals surface area contributed by atoms with Gasteiger partial charge in [-0.05, 0) is 48.6 Å². The fourth-order valence-electron chi connectivity index (χ4n) is 2.57. The van der Waals surface area contributed by atoms with Crippen LogP contribution in [0, 0.1) is 0 Å². The van der Waals surface area contributed by atoms with E-state index in [1.54, 1.807) is 24.3 Å². The minimum absolute atomic E-state index is 0.180. The Bertz CT molecular complexity index is 598. The molecule has 2 N–H and O–H groups in total. The molecule has 1 aliphatic rings. The Morgan fingerprint density at radius 1 is 1.14 bits per heavy atom. The molecule has 3 rings (SSSR count). The standard InChI is InChI=1S/C16H18ClN3OS/c17-14-3-1-12(2-4-14)13-7-9-20(10-8-13)22-19-16-6-5-15(21)11-18-16/h1-6,11,13,21H,7-10H2,(H,18,19). The maximum absolute atomic E-state index is 9.21. The molecule has 1 aromatic heterocycles. The quantitative estimate of drug-likeness (QED) is 0.816. The van der Waals surface area contributed by atoms with E-state index in [0.29, 0.717) is 5.92 Å². The summed E-state index contributed by atoms with van der Waals surface area (Å²) in [5.41, 5.74) is 1.38. The molecule has 0 unspecified atom stereocenters. The summed E-state index contributed by atoms with van der Waals surface area (Å²) in [5.74, 6) is 1.54. The van der Waals surface area contributed by atoms with Crippen molar-refractivity contribution in [2.75, 3.05) is 17.8 Å². The number of anilines is 1. The van der Waals surface area contributed by atoms with Gasteiger partial charge in [-0.3, -0.25) is 0 Å². The van der Waals surface area contributed by atoms with Crippen molar-refractivity contribution in [2.45, 2.75) is 18.8 Å². The van der Waals surface area contributed by atoms with Crippen LogP contribution in [0.3, 0.4) is 0 Å². The van der Waals surface area contributed by atoms with Crippen LogP contribution in [-0.4, -0.2) is 27.5 Å². The number of piperidine rings is 1. The molecule has 1 saturated heterocycles. The molecular weight excluding hydrogens is 318 g/mol. The molecule has 6 heteroatoms. The summed E-state index contributed by atoms with van der Waals surface area (Å²) < 4.78 is 5.51. The first kappa shape index (κ1) is 15.5. The van der Waals surface area contributed by atoms with Gasteiger partial charge in [-0.25, -0.2) is 9.29 Å². The van der Waals surface area contributed by atoms with Crippen LogP contribution in [0.25, 0.3) is 0 Å². The molecular formula is C16H18ClN3OS. The summed E-state index contributed by atoms with van der Waals surface area (Å²) >= 11 is 7.52. The predicted molar refractivity (Wildman–Crippen MR) is 92.1 cm³/mol. The molecule has 0 atom stereocenters. The normalized spacial score (nSPS) is 16.6. The number of halogens is 1. The Kier molecular flexibility index (Phi) is 5.08. The lowest BCUT2D eigenvalue weighted by Gasteiger charge is -2.30. The fraction of sp³-hybridized carbons (Fsp3) is 0.312. The van der Waals surface area contributed by atoms with Crippen LogP contribution in [0.4, 0.5) is 5.82 Å². The molecule has 0 spiro atoms. The summed E-state index contributed by atoms with van der Waals surface area (Å²) in [4.78, 5) is 4.11. The molecule has 116 valence electrons. The number of pyridine rings is 1. The van der Waals surface area contributed by atoms with Crippen molar-refractivity contribution in [1.29, 1.82) is 0 Å². The molecule has 0 saturated carbocycles. The van der Waals surface area contributed by atoms with Crippen molar-refractivity contribution < 1.29 is 5.11 Å². The van der Waals surface area contributed by atoms with Crippen molar-refractivity contribution in [3.8, 4) is 5.75 Å². The Morgan fingerprint density at radius 3 is 2.50 bits per heavy atom. The molecule has 1 fully saturated rings. The minimum atomic E-state index is 0.180. The maximum atomic E-state index is 9.21. The van der Waals surface area contributed by atoms with E-state index in [1.807, 2.05) is 12.1 Å². The zero-order chi connectivity index (χ0) is 15.4. The molecule has 0 radical (unpaired) electrons. The summed E-state index contributed by atoms with van der Waals surface area (Å²) in [5, 5.41) is 10.0. The van der Waals surface area contributed by atoms with Gasteiger partial charge in [0.1, 0.15) is 11.6 Å². The van der Waals surface area contributed by atoms with Gasteiger partial charge in [-0.15, -0.1) is 0 Å². The third-order valence-electron chi connectivity index (χ3n) is 3.82. The van der Waals surface area contributed by atoms with E-state index in [9.17, 15) is 5.11 Å². The van der Waals surface area contributed by atoms with Gasteiger partial charge >= 0.3 is 0 Å². The first-order valence-electron chi connectivity index (χ1n) is 7.29. The van der Waals surface area contributed by atoms with Crippen LogP contribution in [0.5, 0.6) is 5.75 Å². The number of hydrogen-bond acceptors (Lipinski definition) is 5. The fourth-order valence-corrected chi connectivity index (χ4v) is 3.44. The first-order chi connectivity index (χ1) is 10.7. The van der Waals surface area contributed by atoms with E-state index in [4.69, 9.17) is 11.6 Å². The van der Waals surface area contributed by atoms with Crippen molar-refractivity contribution in [2.24, 2.45) is 0 Å². The van der Waals surface area contributed by atoms with E-state index in [1.165, 1.54) is 11.8 Å². The third-order valence-corrected chi connectivity index (χ3v) is 5.00. The molecule has 1 aliphatic heterocycles. The Morgan fingerprint density at radius 2 is 1.86 bits per heavy atom. The van der Waals surface area contributed by atoms with E-state index < -0.39 is 0 Å². The number of hydrogen-bond donors (Lipinski definition) is 2. The molecule has 0 bridgehead atoms. The zero-order valence-corrected chi connectivity index (χ0v) is 13.6. The van der Waals surface area contributed by atoms with E-state index >= 15 is 0 Å². The van der Waals surface area contributed by atoms with Gasteiger partial charge in [0.05, 0.1) is 6.20 Å². The van der Waals surface area contributed by atoms with Gasteiger partial charge in [-0.1, -0.05) is 23.7 Å². The second kappa shape index (κ2) is 7.22. The second-order valence-corrected chi connectivity index (χ2v) is 6.69. The van der Waals surface area contributed by atoms with Crippen LogP contribution < -0.4 is 4.72 Å². The highest BCUT2D eigenvalue weighted by Gasteiger charge is 2.21. The number of nitrogens with one attached hydrogen (secondary N) is 1. The highest BCUT2D eigenvalue weighted by molar-refractivity contribution is 7.98. The zero-order valence-electron chi connectivity index (χ0n) is 12.1. The van der Waals surface area contributed by atoms with E-state index in [2.05, 4.69) is 26.1 Å². The van der Waals surface area contributed by atoms with Gasteiger partial charge in [-0.2, -0.15) is 0 Å². The predicted octanol–water partition coefficient (Wildman–Crippen LogP) is 4.30. The SMILES string of the molecule is Oc1ccc(NSN2CCC(c3ccc(Cl)cc3)CC2)nc1. The summed E-state index contributed by atoms with van der Waals surface area (Å²) in [7, 11) is 0. The number of benzene rings is 1. The van der Waals surface area contributed by atoms with Crippen molar-refractivity contribution in [3.05, 3.63) is 53.2 Å². The van der Waals surface area contributed by atoms with Gasteiger partial charge in [0.25, 0.3) is 0 Å². The average molecular weight is 336 g/mol. The highest BCUT2D eigenvalue weighted by atomic mass is 35.5. The Balaban J connectivity index is 1.47. The molecule has 2 aromatic rings. The molecule has 4 nitrogen and oxygen atoms in total. The lowest BCUT2D eigenvalue weighted by Crippen LogP contribution is -2.28. The third kappa shape index (κ3) is 4.06. The molecule has 0 aliphatic carbocycles. The lowest BCUT2D eigenvalue weighted by atomic mass is 9.90. The van der Waals surface area contributed by atoms with Crippen LogP contribution in [0.2, 0.25) is 5.02 Å². The monoisotopic (exact) mass is 335 g/mol. The number of aromatic nitrogens is 1. The average Bonchev–Trinajstić information content (AvgIpc) is 2.56. The van der Waals surface area contributed by atoms with Crippen molar-refractivity contribution >= 4 is 29.6 Å². The van der Waals surface area contributed by atoms with E-state index in [-0.39, 0.29) is 5.75 Å². The van der Waals surface area contributed by atoms with Crippen LogP contribution in [0.15, 0.2) is 42.6 Å². The number of rotatable bonds is 4. The molecule has 2 heterocycles. The molecule has 22 heavy (non-hydrogen) atoms. The lowest BCUT2D eigenvalue weighted by molar-refractivity contribution is 0.347. The molecule has 1 aromatic carbocycles. The first-order valence-corrected chi connectivity index (χ1v) is 8.44. The van der Waals surface area contributed by atoms with Crippen LogP contribution >= 0.6 is 23.7 Å².